The first-order valence-electron chi connectivity index (χ1n) is 10.3. The summed E-state index contributed by atoms with van der Waals surface area (Å²) in [6.45, 7) is 2.33. The van der Waals surface area contributed by atoms with Gasteiger partial charge in [-0.25, -0.2) is 4.79 Å². The Labute approximate surface area is 186 Å². The molecule has 1 aromatic heterocycles. The summed E-state index contributed by atoms with van der Waals surface area (Å²) in [6, 6.07) is 15.9. The van der Waals surface area contributed by atoms with Crippen LogP contribution in [0, 0.1) is 0 Å². The largest absolute Gasteiger partial charge is 0.494 e. The third-order valence-electron chi connectivity index (χ3n) is 5.11. The second-order valence-electron chi connectivity index (χ2n) is 7.44. The fourth-order valence-corrected chi connectivity index (χ4v) is 3.62. The minimum atomic E-state index is -0.860. The van der Waals surface area contributed by atoms with E-state index in [-0.39, 0.29) is 12.0 Å². The molecule has 0 spiro atoms. The molecule has 8 nitrogen and oxygen atoms in total. The Balaban J connectivity index is 0.000000668. The fourth-order valence-electron chi connectivity index (χ4n) is 3.62. The lowest BCUT2D eigenvalue weighted by atomic mass is 10.0. The van der Waals surface area contributed by atoms with Crippen molar-refractivity contribution in [2.45, 2.75) is 25.9 Å². The van der Waals surface area contributed by atoms with Gasteiger partial charge in [0, 0.05) is 50.0 Å². The van der Waals surface area contributed by atoms with E-state index < -0.39 is 6.09 Å². The summed E-state index contributed by atoms with van der Waals surface area (Å²) >= 11 is 0. The van der Waals surface area contributed by atoms with Crippen LogP contribution in [0.2, 0.25) is 0 Å². The van der Waals surface area contributed by atoms with Crippen LogP contribution in [0.25, 0.3) is 22.0 Å². The van der Waals surface area contributed by atoms with Crippen LogP contribution < -0.4 is 15.2 Å². The molecule has 2 aromatic carbocycles. The summed E-state index contributed by atoms with van der Waals surface area (Å²) in [4.78, 5) is 26.1. The van der Waals surface area contributed by atoms with Crippen molar-refractivity contribution in [2.75, 3.05) is 20.2 Å². The molecule has 1 aliphatic rings. The Morgan fingerprint density at radius 2 is 1.75 bits per heavy atom. The van der Waals surface area contributed by atoms with Crippen molar-refractivity contribution in [1.82, 2.24) is 9.88 Å². The van der Waals surface area contributed by atoms with E-state index in [0.717, 1.165) is 33.5 Å². The van der Waals surface area contributed by atoms with Gasteiger partial charge in [-0.05, 0) is 29.8 Å². The zero-order valence-electron chi connectivity index (χ0n) is 18.2. The molecule has 4 rings (SSSR count). The van der Waals surface area contributed by atoms with Crippen molar-refractivity contribution in [1.29, 1.82) is 0 Å². The number of pyridine rings is 1. The van der Waals surface area contributed by atoms with E-state index in [4.69, 9.17) is 14.6 Å². The lowest BCUT2D eigenvalue weighted by Gasteiger charge is -2.30. The van der Waals surface area contributed by atoms with Gasteiger partial charge in [-0.15, -0.1) is 0 Å². The van der Waals surface area contributed by atoms with Crippen molar-refractivity contribution in [3.8, 4) is 22.6 Å². The highest BCUT2D eigenvalue weighted by molar-refractivity contribution is 5.92. The zero-order chi connectivity index (χ0) is 23.1. The van der Waals surface area contributed by atoms with Crippen molar-refractivity contribution in [3.05, 3.63) is 54.7 Å². The molecule has 1 fully saturated rings. The first-order valence-corrected chi connectivity index (χ1v) is 10.3. The van der Waals surface area contributed by atoms with E-state index in [0.29, 0.717) is 25.9 Å². The lowest BCUT2D eigenvalue weighted by molar-refractivity contribution is -0.115. The van der Waals surface area contributed by atoms with Crippen molar-refractivity contribution in [3.63, 3.8) is 0 Å². The molecule has 2 amide bonds. The van der Waals surface area contributed by atoms with E-state index in [2.05, 4.69) is 10.7 Å². The molecule has 0 bridgehead atoms. The van der Waals surface area contributed by atoms with Gasteiger partial charge >= 0.3 is 6.09 Å². The predicted molar refractivity (Wildman–Crippen MR) is 122 cm³/mol. The number of methoxy groups -OCH3 is 1. The number of aromatic nitrogens is 1. The second kappa shape index (κ2) is 10.5. The number of primary amides is 1. The average Bonchev–Trinajstić information content (AvgIpc) is 2.79. The van der Waals surface area contributed by atoms with Crippen LogP contribution in [0.3, 0.4) is 0 Å². The SMILES string of the molecule is CC(N)=O.COc1c(-c2ccc(OC3CCN(C(=O)O)CC3)cc2)ccc2cccnc12. The number of fused-ring (bicyclic) bond motifs is 1. The first-order chi connectivity index (χ1) is 15.4. The highest BCUT2D eigenvalue weighted by Gasteiger charge is 2.23. The van der Waals surface area contributed by atoms with Gasteiger partial charge in [0.2, 0.25) is 5.91 Å². The molecule has 0 atom stereocenters. The third kappa shape index (κ3) is 5.66. The Morgan fingerprint density at radius 1 is 1.09 bits per heavy atom. The van der Waals surface area contributed by atoms with Crippen LogP contribution >= 0.6 is 0 Å². The Hall–Kier alpha value is -3.81. The molecule has 1 saturated heterocycles. The van der Waals surface area contributed by atoms with E-state index in [1.54, 1.807) is 13.3 Å². The van der Waals surface area contributed by atoms with Crippen molar-refractivity contribution in [2.24, 2.45) is 5.73 Å². The summed E-state index contributed by atoms with van der Waals surface area (Å²) in [5, 5.41) is 10.1. The molecule has 1 aliphatic heterocycles. The number of benzene rings is 2. The summed E-state index contributed by atoms with van der Waals surface area (Å²) in [7, 11) is 1.66. The molecule has 32 heavy (non-hydrogen) atoms. The van der Waals surface area contributed by atoms with Gasteiger partial charge in [0.05, 0.1) is 7.11 Å². The molecule has 3 aromatic rings. The number of carbonyl (C=O) groups is 2. The topological polar surface area (TPSA) is 115 Å². The van der Waals surface area contributed by atoms with E-state index in [1.165, 1.54) is 11.8 Å². The molecular weight excluding hydrogens is 410 g/mol. The first kappa shape index (κ1) is 22.9. The maximum absolute atomic E-state index is 11.0. The molecular formula is C24H27N3O5. The van der Waals surface area contributed by atoms with Gasteiger partial charge in [0.15, 0.2) is 5.75 Å². The van der Waals surface area contributed by atoms with Crippen LogP contribution in [0.1, 0.15) is 19.8 Å². The minimum Gasteiger partial charge on any atom is -0.494 e. The summed E-state index contributed by atoms with van der Waals surface area (Å²) in [6.07, 6.45) is 2.36. The highest BCUT2D eigenvalue weighted by Crippen LogP contribution is 2.36. The summed E-state index contributed by atoms with van der Waals surface area (Å²) in [5.41, 5.74) is 7.32. The Kier molecular flexibility index (Phi) is 7.49. The quantitative estimate of drug-likeness (QED) is 0.639. The Bertz CT molecular complexity index is 1070. The second-order valence-corrected chi connectivity index (χ2v) is 7.44. The molecule has 0 aliphatic carbocycles. The number of carbonyl (C=O) groups excluding carboxylic acids is 1. The van der Waals surface area contributed by atoms with Gasteiger partial charge in [0.25, 0.3) is 0 Å². The van der Waals surface area contributed by atoms with Crippen LogP contribution in [0.4, 0.5) is 4.79 Å². The minimum absolute atomic E-state index is 0.0425. The summed E-state index contributed by atoms with van der Waals surface area (Å²) in [5.74, 6) is 1.21. The number of piperidine rings is 1. The molecule has 2 heterocycles. The maximum Gasteiger partial charge on any atom is 0.407 e. The van der Waals surface area contributed by atoms with Crippen LogP contribution in [0.5, 0.6) is 11.5 Å². The molecule has 0 saturated carbocycles. The fraction of sp³-hybridized carbons (Fsp3) is 0.292. The number of hydrogen-bond donors (Lipinski definition) is 2. The van der Waals surface area contributed by atoms with E-state index in [1.807, 2.05) is 48.5 Å². The number of rotatable bonds is 4. The van der Waals surface area contributed by atoms with Crippen LogP contribution in [0.15, 0.2) is 54.7 Å². The van der Waals surface area contributed by atoms with Crippen LogP contribution in [-0.2, 0) is 4.79 Å². The summed E-state index contributed by atoms with van der Waals surface area (Å²) < 4.78 is 11.7. The van der Waals surface area contributed by atoms with Gasteiger partial charge in [-0.1, -0.05) is 24.3 Å². The van der Waals surface area contributed by atoms with Crippen molar-refractivity contribution < 1.29 is 24.2 Å². The number of ether oxygens (including phenoxy) is 2. The van der Waals surface area contributed by atoms with Crippen LogP contribution in [-0.4, -0.2) is 53.3 Å². The maximum atomic E-state index is 11.0. The molecule has 8 heteroatoms. The molecule has 3 N–H and O–H groups in total. The predicted octanol–water partition coefficient (Wildman–Crippen LogP) is 3.92. The van der Waals surface area contributed by atoms with Crippen molar-refractivity contribution >= 4 is 22.9 Å². The van der Waals surface area contributed by atoms with Gasteiger partial charge in [-0.2, -0.15) is 0 Å². The van der Waals surface area contributed by atoms with Gasteiger partial charge < -0.3 is 25.2 Å². The van der Waals surface area contributed by atoms with Gasteiger partial charge in [0.1, 0.15) is 17.4 Å². The molecule has 0 unspecified atom stereocenters. The molecule has 0 radical (unpaired) electrons. The molecule has 168 valence electrons. The lowest BCUT2D eigenvalue weighted by Crippen LogP contribution is -2.41. The van der Waals surface area contributed by atoms with E-state index in [9.17, 15) is 9.59 Å². The number of amides is 2. The zero-order valence-corrected chi connectivity index (χ0v) is 18.2. The van der Waals surface area contributed by atoms with E-state index >= 15 is 0 Å². The highest BCUT2D eigenvalue weighted by atomic mass is 16.5. The number of nitrogens with two attached hydrogens (primary N) is 1. The number of hydrogen-bond acceptors (Lipinski definition) is 5. The standard InChI is InChI=1S/C22H22N2O4.C2H5NO/c1-27-21-19(9-6-16-3-2-12-23-20(16)21)15-4-7-17(8-5-15)28-18-10-13-24(14-11-18)22(25)26;1-2(3)4/h2-9,12,18H,10-11,13-14H2,1H3,(H,25,26);1H3,(H2,3,4). The normalized spacial score (nSPS) is 13.8. The number of likely N-dealkylation sites (tertiary alicyclic amines) is 1. The third-order valence-corrected chi connectivity index (χ3v) is 5.11. The number of nitrogens with zero attached hydrogens (tertiary/aromatic N) is 2. The smallest absolute Gasteiger partial charge is 0.407 e. The number of carboxylic acid groups (broad SMARTS) is 1. The average molecular weight is 437 g/mol. The Morgan fingerprint density at radius 3 is 2.34 bits per heavy atom. The monoisotopic (exact) mass is 437 g/mol. The van der Waals surface area contributed by atoms with Gasteiger partial charge in [-0.3, -0.25) is 9.78 Å².